The molecule has 0 radical (unpaired) electrons. The summed E-state index contributed by atoms with van der Waals surface area (Å²) >= 11 is 0.768. The van der Waals surface area contributed by atoms with Gasteiger partial charge in [-0.3, -0.25) is 14.3 Å². The van der Waals surface area contributed by atoms with E-state index >= 15 is 0 Å². The molecule has 0 aliphatic rings. The van der Waals surface area contributed by atoms with E-state index in [-0.39, 0.29) is 27.6 Å². The molecule has 2 amide bonds. The van der Waals surface area contributed by atoms with E-state index in [2.05, 4.69) is 15.4 Å². The van der Waals surface area contributed by atoms with Gasteiger partial charge in [0.2, 0.25) is 5.91 Å². The maximum atomic E-state index is 13.1. The predicted octanol–water partition coefficient (Wildman–Crippen LogP) is 4.44. The van der Waals surface area contributed by atoms with Crippen LogP contribution in [0.15, 0.2) is 12.1 Å². The smallest absolute Gasteiger partial charge is 0.365 e. The Morgan fingerprint density at radius 1 is 1.25 bits per heavy atom. The van der Waals surface area contributed by atoms with Crippen molar-refractivity contribution in [2.24, 2.45) is 11.7 Å². The van der Waals surface area contributed by atoms with Gasteiger partial charge in [-0.25, -0.2) is 13.8 Å². The second-order valence-corrected chi connectivity index (χ2v) is 8.26. The Labute approximate surface area is 182 Å². The molecule has 7 nitrogen and oxygen atoms in total. The average molecular weight is 475 g/mol. The Bertz CT molecular complexity index is 1200. The highest BCUT2D eigenvalue weighted by atomic mass is 32.1. The summed E-state index contributed by atoms with van der Waals surface area (Å²) in [7, 11) is 0. The van der Waals surface area contributed by atoms with Crippen molar-refractivity contribution >= 4 is 39.1 Å². The number of hydrogen-bond donors (Lipinski definition) is 2. The molecule has 3 aromatic rings. The summed E-state index contributed by atoms with van der Waals surface area (Å²) in [5, 5.41) is 6.35. The number of primary amides is 1. The molecule has 0 fully saturated rings. The number of nitrogens with one attached hydrogen (secondary N) is 1. The Morgan fingerprint density at radius 2 is 1.91 bits per heavy atom. The van der Waals surface area contributed by atoms with E-state index in [1.165, 1.54) is 20.8 Å². The maximum Gasteiger partial charge on any atom is 0.435 e. The summed E-state index contributed by atoms with van der Waals surface area (Å²) in [5.74, 6) is -2.35. The van der Waals surface area contributed by atoms with Crippen LogP contribution in [0.25, 0.3) is 10.2 Å². The number of rotatable bonds is 6. The van der Waals surface area contributed by atoms with Crippen molar-refractivity contribution in [1.29, 1.82) is 0 Å². The summed E-state index contributed by atoms with van der Waals surface area (Å²) in [6.45, 7) is 4.27. The third-order valence-corrected chi connectivity index (χ3v) is 5.84. The van der Waals surface area contributed by atoms with Crippen molar-refractivity contribution in [1.82, 2.24) is 14.8 Å². The highest BCUT2D eigenvalue weighted by Gasteiger charge is 2.34. The van der Waals surface area contributed by atoms with E-state index in [9.17, 15) is 31.5 Å². The highest BCUT2D eigenvalue weighted by molar-refractivity contribution is 7.21. The number of fused-ring (bicyclic) bond motifs is 1. The molecule has 0 spiro atoms. The number of aromatic nitrogens is 3. The van der Waals surface area contributed by atoms with Gasteiger partial charge in [-0.15, -0.1) is 11.3 Å². The van der Waals surface area contributed by atoms with E-state index in [0.717, 1.165) is 28.2 Å². The average Bonchev–Trinajstić information content (AvgIpc) is 3.22. The first kappa shape index (κ1) is 23.6. The minimum absolute atomic E-state index is 0.0355. The van der Waals surface area contributed by atoms with Gasteiger partial charge in [0.25, 0.3) is 12.3 Å². The molecule has 0 saturated heterocycles. The SMILES string of the molecule is Cc1cc(C(F)F)nc2sc(C(N)=O)c(NC(=O)C(C)Cn3nc(C(F)(F)F)cc3C)c12. The zero-order chi connectivity index (χ0) is 24.0. The molecule has 1 atom stereocenters. The second-order valence-electron chi connectivity index (χ2n) is 7.26. The van der Waals surface area contributed by atoms with Crippen LogP contribution in [-0.4, -0.2) is 26.6 Å². The van der Waals surface area contributed by atoms with Gasteiger partial charge >= 0.3 is 6.18 Å². The number of amides is 2. The number of alkyl halides is 5. The highest BCUT2D eigenvalue weighted by Crippen LogP contribution is 2.38. The third kappa shape index (κ3) is 4.56. The molecule has 0 aliphatic heterocycles. The lowest BCUT2D eigenvalue weighted by molar-refractivity contribution is -0.141. The molecule has 0 aromatic carbocycles. The molecular weight excluding hydrogens is 457 g/mol. The lowest BCUT2D eigenvalue weighted by Crippen LogP contribution is -2.26. The standard InChI is InChI=1S/C19H18F5N5O2S/c1-7-4-10(15(20)21)26-18-12(7)13(14(32-18)16(25)30)27-17(31)8(2)6-29-9(3)5-11(28-29)19(22,23)24/h4-5,8,15H,6H2,1-3H3,(H2,25,30)(H,27,31). The van der Waals surface area contributed by atoms with Gasteiger partial charge < -0.3 is 11.1 Å². The molecular formula is C19H18F5N5O2S. The normalized spacial score (nSPS) is 13.0. The van der Waals surface area contributed by atoms with Crippen LogP contribution in [0, 0.1) is 19.8 Å². The number of nitrogens with zero attached hydrogens (tertiary/aromatic N) is 3. The fraction of sp³-hybridized carbons (Fsp3) is 0.368. The number of nitrogens with two attached hydrogens (primary N) is 1. The summed E-state index contributed by atoms with van der Waals surface area (Å²) < 4.78 is 65.8. The largest absolute Gasteiger partial charge is 0.435 e. The molecule has 1 unspecified atom stereocenters. The third-order valence-electron chi connectivity index (χ3n) is 4.74. The van der Waals surface area contributed by atoms with Gasteiger partial charge in [-0.1, -0.05) is 6.92 Å². The predicted molar refractivity (Wildman–Crippen MR) is 108 cm³/mol. The number of thiophene rings is 1. The number of aryl methyl sites for hydroxylation is 2. The quantitative estimate of drug-likeness (QED) is 0.515. The summed E-state index contributed by atoms with van der Waals surface area (Å²) in [4.78, 5) is 28.5. The van der Waals surface area contributed by atoms with Gasteiger partial charge in [0.1, 0.15) is 15.4 Å². The number of carbonyl (C=O) groups excluding carboxylic acids is 2. The van der Waals surface area contributed by atoms with E-state index in [1.807, 2.05) is 0 Å². The van der Waals surface area contributed by atoms with Gasteiger partial charge in [-0.2, -0.15) is 18.3 Å². The van der Waals surface area contributed by atoms with E-state index in [0.29, 0.717) is 10.9 Å². The molecule has 3 aromatic heterocycles. The number of halogens is 5. The zero-order valence-corrected chi connectivity index (χ0v) is 17.9. The van der Waals surface area contributed by atoms with Gasteiger partial charge in [0.05, 0.1) is 18.2 Å². The van der Waals surface area contributed by atoms with Crippen molar-refractivity contribution in [2.75, 3.05) is 5.32 Å². The van der Waals surface area contributed by atoms with Crippen molar-refractivity contribution < 1.29 is 31.5 Å². The Hall–Kier alpha value is -3.09. The van der Waals surface area contributed by atoms with Gasteiger partial charge in [0.15, 0.2) is 5.69 Å². The topological polar surface area (TPSA) is 103 Å². The molecule has 3 rings (SSSR count). The van der Waals surface area contributed by atoms with Crippen LogP contribution in [0.3, 0.4) is 0 Å². The molecule has 172 valence electrons. The lowest BCUT2D eigenvalue weighted by atomic mass is 10.1. The fourth-order valence-electron chi connectivity index (χ4n) is 3.13. The second kappa shape index (κ2) is 8.45. The van der Waals surface area contributed by atoms with E-state index in [4.69, 9.17) is 5.73 Å². The lowest BCUT2D eigenvalue weighted by Gasteiger charge is -2.14. The van der Waals surface area contributed by atoms with Crippen molar-refractivity contribution in [3.63, 3.8) is 0 Å². The summed E-state index contributed by atoms with van der Waals surface area (Å²) in [6.07, 6.45) is -7.44. The van der Waals surface area contributed by atoms with Crippen LogP contribution in [-0.2, 0) is 17.5 Å². The number of hydrogen-bond acceptors (Lipinski definition) is 5. The molecule has 0 saturated carbocycles. The minimum atomic E-state index is -4.62. The summed E-state index contributed by atoms with van der Waals surface area (Å²) in [6, 6.07) is 2.02. The van der Waals surface area contributed by atoms with Crippen molar-refractivity contribution in [2.45, 2.75) is 39.9 Å². The molecule has 0 aliphatic carbocycles. The first-order chi connectivity index (χ1) is 14.8. The Morgan fingerprint density at radius 3 is 2.44 bits per heavy atom. The minimum Gasteiger partial charge on any atom is -0.365 e. The molecule has 3 heterocycles. The van der Waals surface area contributed by atoms with E-state index < -0.39 is 41.7 Å². The number of anilines is 1. The number of carbonyl (C=O) groups is 2. The first-order valence-corrected chi connectivity index (χ1v) is 10.1. The first-order valence-electron chi connectivity index (χ1n) is 9.24. The van der Waals surface area contributed by atoms with Crippen LogP contribution in [0.4, 0.5) is 27.6 Å². The van der Waals surface area contributed by atoms with Crippen molar-refractivity contribution in [3.8, 4) is 0 Å². The Balaban J connectivity index is 1.91. The van der Waals surface area contributed by atoms with Crippen LogP contribution in [0.1, 0.15) is 45.7 Å². The van der Waals surface area contributed by atoms with Crippen LogP contribution < -0.4 is 11.1 Å². The van der Waals surface area contributed by atoms with E-state index in [1.54, 1.807) is 0 Å². The Kier molecular flexibility index (Phi) is 6.22. The van der Waals surface area contributed by atoms with Crippen molar-refractivity contribution in [3.05, 3.63) is 39.7 Å². The van der Waals surface area contributed by atoms with Gasteiger partial charge in [0, 0.05) is 11.1 Å². The molecule has 32 heavy (non-hydrogen) atoms. The van der Waals surface area contributed by atoms with Crippen LogP contribution in [0.2, 0.25) is 0 Å². The van der Waals surface area contributed by atoms with Crippen LogP contribution >= 0.6 is 11.3 Å². The monoisotopic (exact) mass is 475 g/mol. The van der Waals surface area contributed by atoms with Gasteiger partial charge in [-0.05, 0) is 31.5 Å². The zero-order valence-electron chi connectivity index (χ0n) is 17.1. The summed E-state index contributed by atoms with van der Waals surface area (Å²) in [5.41, 5.74) is 4.45. The molecule has 3 N–H and O–H groups in total. The fourth-order valence-corrected chi connectivity index (χ4v) is 4.20. The van der Waals surface area contributed by atoms with Crippen LogP contribution in [0.5, 0.6) is 0 Å². The molecule has 13 heteroatoms. The number of pyridine rings is 1. The maximum absolute atomic E-state index is 13.1. The molecule has 0 bridgehead atoms.